The largest absolute Gasteiger partial charge is 0.459 e. The number of nitrogens with one attached hydrogen (secondary N) is 2. The van der Waals surface area contributed by atoms with Crippen molar-refractivity contribution in [3.05, 3.63) is 77.1 Å². The number of anilines is 1. The number of nitrogens with zero attached hydrogens (tertiary/aromatic N) is 1. The van der Waals surface area contributed by atoms with Gasteiger partial charge in [0.2, 0.25) is 0 Å². The Morgan fingerprint density at radius 3 is 2.63 bits per heavy atom. The van der Waals surface area contributed by atoms with E-state index in [1.165, 1.54) is 23.7 Å². The molecule has 2 heterocycles. The van der Waals surface area contributed by atoms with Crippen molar-refractivity contribution < 1.29 is 23.5 Å². The Bertz CT molecular complexity index is 1050. The molecular weight excluding hydrogens is 406 g/mol. The van der Waals surface area contributed by atoms with Crippen LogP contribution in [0.25, 0.3) is 0 Å². The molecule has 0 radical (unpaired) electrons. The second kappa shape index (κ2) is 10.0. The second-order valence-electron chi connectivity index (χ2n) is 6.12. The fraction of sp³-hybridized carbons (Fsp3) is 0.143. The third-order valence-electron chi connectivity index (χ3n) is 4.00. The summed E-state index contributed by atoms with van der Waals surface area (Å²) >= 11 is 1.19. The number of hydrogen-bond donors (Lipinski definition) is 2. The van der Waals surface area contributed by atoms with Gasteiger partial charge in [-0.15, -0.1) is 11.3 Å². The molecule has 30 heavy (non-hydrogen) atoms. The number of nitriles is 1. The van der Waals surface area contributed by atoms with Crippen molar-refractivity contribution >= 4 is 34.1 Å². The van der Waals surface area contributed by atoms with Gasteiger partial charge in [-0.25, -0.2) is 4.79 Å². The lowest BCUT2D eigenvalue weighted by atomic mass is 10.1. The van der Waals surface area contributed by atoms with Gasteiger partial charge in [0.25, 0.3) is 11.8 Å². The van der Waals surface area contributed by atoms with E-state index < -0.39 is 30.4 Å². The monoisotopic (exact) mass is 423 g/mol. The van der Waals surface area contributed by atoms with Crippen LogP contribution in [-0.2, 0) is 20.7 Å². The normalized spacial score (nSPS) is 11.2. The summed E-state index contributed by atoms with van der Waals surface area (Å²) in [5.41, 5.74) is 1.13. The Hall–Kier alpha value is -3.90. The number of ether oxygens (including phenoxy) is 1. The number of thiophene rings is 1. The van der Waals surface area contributed by atoms with Gasteiger partial charge in [-0.2, -0.15) is 5.26 Å². The maximum Gasteiger partial charge on any atom is 0.329 e. The van der Waals surface area contributed by atoms with Crippen LogP contribution in [0.15, 0.2) is 64.6 Å². The van der Waals surface area contributed by atoms with Crippen LogP contribution in [0.1, 0.15) is 21.7 Å². The maximum absolute atomic E-state index is 12.6. The van der Waals surface area contributed by atoms with Crippen LogP contribution < -0.4 is 10.6 Å². The first-order valence-corrected chi connectivity index (χ1v) is 9.77. The predicted molar refractivity (Wildman–Crippen MR) is 109 cm³/mol. The molecule has 0 saturated carbocycles. The van der Waals surface area contributed by atoms with E-state index in [1.807, 2.05) is 36.4 Å². The zero-order valence-corrected chi connectivity index (χ0v) is 16.5. The lowest BCUT2D eigenvalue weighted by molar-refractivity contribution is -0.149. The molecule has 1 aromatic carbocycles. The number of benzene rings is 1. The predicted octanol–water partition coefficient (Wildman–Crippen LogP) is 2.74. The standard InChI is InChI=1S/C21H17N3O5S/c22-12-15-8-10-30-20(15)24-18(25)13-29-21(27)16(11-14-5-2-1-3-6-14)23-19(26)17-7-4-9-28-17/h1-10,16H,11,13H2,(H,23,26)(H,24,25)/t16-/m0/s1. The van der Waals surface area contributed by atoms with Crippen molar-refractivity contribution in [3.8, 4) is 6.07 Å². The van der Waals surface area contributed by atoms with E-state index in [-0.39, 0.29) is 12.2 Å². The highest BCUT2D eigenvalue weighted by molar-refractivity contribution is 7.14. The van der Waals surface area contributed by atoms with Crippen molar-refractivity contribution in [3.63, 3.8) is 0 Å². The summed E-state index contributed by atoms with van der Waals surface area (Å²) in [5, 5.41) is 16.1. The Morgan fingerprint density at radius 1 is 1.13 bits per heavy atom. The third-order valence-corrected chi connectivity index (χ3v) is 4.83. The summed E-state index contributed by atoms with van der Waals surface area (Å²) in [7, 11) is 0. The van der Waals surface area contributed by atoms with Crippen molar-refractivity contribution in [1.29, 1.82) is 5.26 Å². The van der Waals surface area contributed by atoms with Crippen LogP contribution in [0.3, 0.4) is 0 Å². The second-order valence-corrected chi connectivity index (χ2v) is 7.04. The van der Waals surface area contributed by atoms with Crippen LogP contribution in [0.4, 0.5) is 5.00 Å². The Morgan fingerprint density at radius 2 is 1.93 bits per heavy atom. The molecule has 0 aliphatic heterocycles. The first-order valence-electron chi connectivity index (χ1n) is 8.89. The molecule has 2 N–H and O–H groups in total. The van der Waals surface area contributed by atoms with Gasteiger partial charge in [-0.05, 0) is 29.1 Å². The van der Waals surface area contributed by atoms with E-state index in [2.05, 4.69) is 10.6 Å². The molecule has 2 aromatic heterocycles. The molecule has 3 aromatic rings. The van der Waals surface area contributed by atoms with Crippen molar-refractivity contribution in [2.45, 2.75) is 12.5 Å². The number of hydrogen-bond acceptors (Lipinski definition) is 7. The summed E-state index contributed by atoms with van der Waals surface area (Å²) in [6.45, 7) is -0.552. The topological polar surface area (TPSA) is 121 Å². The smallest absolute Gasteiger partial charge is 0.329 e. The average molecular weight is 423 g/mol. The zero-order valence-electron chi connectivity index (χ0n) is 15.7. The highest BCUT2D eigenvalue weighted by Crippen LogP contribution is 2.21. The van der Waals surface area contributed by atoms with Gasteiger partial charge in [0.15, 0.2) is 12.4 Å². The average Bonchev–Trinajstić information content (AvgIpc) is 3.44. The maximum atomic E-state index is 12.6. The lowest BCUT2D eigenvalue weighted by Crippen LogP contribution is -2.44. The summed E-state index contributed by atoms with van der Waals surface area (Å²) in [4.78, 5) is 37.0. The SMILES string of the molecule is N#Cc1ccsc1NC(=O)COC(=O)[C@H](Cc1ccccc1)NC(=O)c1ccco1. The Kier molecular flexibility index (Phi) is 6.97. The van der Waals surface area contributed by atoms with Crippen LogP contribution in [-0.4, -0.2) is 30.4 Å². The summed E-state index contributed by atoms with van der Waals surface area (Å²) in [6, 6.07) is 14.6. The molecule has 2 amide bonds. The fourth-order valence-corrected chi connectivity index (χ4v) is 3.33. The molecule has 0 unspecified atom stereocenters. The van der Waals surface area contributed by atoms with Gasteiger partial charge in [-0.3, -0.25) is 9.59 Å². The minimum absolute atomic E-state index is 0.0559. The zero-order chi connectivity index (χ0) is 21.3. The third kappa shape index (κ3) is 5.56. The van der Waals surface area contributed by atoms with E-state index in [1.54, 1.807) is 17.5 Å². The molecule has 9 heteroatoms. The van der Waals surface area contributed by atoms with Crippen LogP contribution in [0.2, 0.25) is 0 Å². The molecule has 0 spiro atoms. The number of amides is 2. The van der Waals surface area contributed by atoms with Gasteiger partial charge < -0.3 is 19.8 Å². The summed E-state index contributed by atoms with van der Waals surface area (Å²) in [6.07, 6.45) is 1.53. The molecule has 1 atom stereocenters. The minimum atomic E-state index is -1.02. The van der Waals surface area contributed by atoms with E-state index in [0.29, 0.717) is 10.6 Å². The molecule has 0 aliphatic rings. The minimum Gasteiger partial charge on any atom is -0.459 e. The van der Waals surface area contributed by atoms with Crippen LogP contribution in [0, 0.1) is 11.3 Å². The highest BCUT2D eigenvalue weighted by atomic mass is 32.1. The number of rotatable bonds is 8. The number of carbonyl (C=O) groups excluding carboxylic acids is 3. The van der Waals surface area contributed by atoms with E-state index in [0.717, 1.165) is 5.56 Å². The molecule has 8 nitrogen and oxygen atoms in total. The lowest BCUT2D eigenvalue weighted by Gasteiger charge is -2.17. The van der Waals surface area contributed by atoms with E-state index in [4.69, 9.17) is 14.4 Å². The Labute approximate surface area is 176 Å². The number of carbonyl (C=O) groups is 3. The Balaban J connectivity index is 1.62. The first kappa shape index (κ1) is 20.8. The molecular formula is C21H17N3O5S. The fourth-order valence-electron chi connectivity index (χ4n) is 2.57. The number of furan rings is 1. The van der Waals surface area contributed by atoms with Gasteiger partial charge in [0, 0.05) is 6.42 Å². The molecule has 0 saturated heterocycles. The molecule has 3 rings (SSSR count). The van der Waals surface area contributed by atoms with Crippen molar-refractivity contribution in [2.75, 3.05) is 11.9 Å². The summed E-state index contributed by atoms with van der Waals surface area (Å²) in [5.74, 6) is -1.86. The van der Waals surface area contributed by atoms with Gasteiger partial charge in [0.1, 0.15) is 17.1 Å². The number of esters is 1. The summed E-state index contributed by atoms with van der Waals surface area (Å²) < 4.78 is 10.2. The molecule has 0 fully saturated rings. The molecule has 0 aliphatic carbocycles. The van der Waals surface area contributed by atoms with E-state index in [9.17, 15) is 14.4 Å². The first-order chi connectivity index (χ1) is 14.6. The quantitative estimate of drug-likeness (QED) is 0.537. The van der Waals surface area contributed by atoms with Crippen molar-refractivity contribution in [2.24, 2.45) is 0 Å². The van der Waals surface area contributed by atoms with Crippen molar-refractivity contribution in [1.82, 2.24) is 5.32 Å². The molecule has 0 bridgehead atoms. The highest BCUT2D eigenvalue weighted by Gasteiger charge is 2.25. The van der Waals surface area contributed by atoms with Crippen LogP contribution >= 0.6 is 11.3 Å². The van der Waals surface area contributed by atoms with Gasteiger partial charge in [-0.1, -0.05) is 30.3 Å². The molecule has 152 valence electrons. The van der Waals surface area contributed by atoms with Crippen LogP contribution in [0.5, 0.6) is 0 Å². The van der Waals surface area contributed by atoms with E-state index >= 15 is 0 Å². The van der Waals surface area contributed by atoms with Gasteiger partial charge in [0.05, 0.1) is 11.8 Å². The van der Waals surface area contributed by atoms with Gasteiger partial charge >= 0.3 is 5.97 Å².